The van der Waals surface area contributed by atoms with Gasteiger partial charge in [0.05, 0.1) is 6.42 Å². The molecule has 2 aromatic carbocycles. The van der Waals surface area contributed by atoms with Crippen LogP contribution in [0.25, 0.3) is 0 Å². The zero-order chi connectivity index (χ0) is 23.1. The molecule has 3 rings (SSSR count). The summed E-state index contributed by atoms with van der Waals surface area (Å²) < 4.78 is 14.4. The molecule has 1 N–H and O–H groups in total. The molecule has 32 heavy (non-hydrogen) atoms. The van der Waals surface area contributed by atoms with Crippen LogP contribution in [0.3, 0.4) is 0 Å². The standard InChI is InChI=1S/C26H32ClFN2O2/c1-3-24(26(32)29-20-8-5-4-6-9-20)30(17-19-14-12-18(2)13-15-19)25(31)16-21-22(27)10-7-11-23(21)28/h7,10-15,20,24H,3-6,8-9,16-17H2,1-2H3,(H,29,32)/t24-/m0/s1. The summed E-state index contributed by atoms with van der Waals surface area (Å²) in [6.45, 7) is 4.18. The number of halogens is 2. The quantitative estimate of drug-likeness (QED) is 0.560. The van der Waals surface area contributed by atoms with Gasteiger partial charge in [0, 0.05) is 23.2 Å². The van der Waals surface area contributed by atoms with Crippen LogP contribution in [-0.4, -0.2) is 28.8 Å². The second-order valence-corrected chi connectivity index (χ2v) is 9.06. The average molecular weight is 459 g/mol. The fourth-order valence-electron chi connectivity index (χ4n) is 4.31. The molecule has 1 fully saturated rings. The number of hydrogen-bond acceptors (Lipinski definition) is 2. The van der Waals surface area contributed by atoms with Crippen molar-refractivity contribution in [1.82, 2.24) is 10.2 Å². The predicted molar refractivity (Wildman–Crippen MR) is 126 cm³/mol. The molecule has 0 bridgehead atoms. The predicted octanol–water partition coefficient (Wildman–Crippen LogP) is 5.59. The molecule has 1 atom stereocenters. The maximum Gasteiger partial charge on any atom is 0.243 e. The van der Waals surface area contributed by atoms with Crippen LogP contribution in [-0.2, 0) is 22.6 Å². The van der Waals surface area contributed by atoms with Gasteiger partial charge in [-0.05, 0) is 43.9 Å². The highest BCUT2D eigenvalue weighted by atomic mass is 35.5. The van der Waals surface area contributed by atoms with Crippen LogP contribution in [0.4, 0.5) is 4.39 Å². The van der Waals surface area contributed by atoms with Crippen molar-refractivity contribution in [2.24, 2.45) is 0 Å². The molecule has 0 spiro atoms. The minimum Gasteiger partial charge on any atom is -0.352 e. The number of aryl methyl sites for hydroxylation is 1. The van der Waals surface area contributed by atoms with Crippen molar-refractivity contribution < 1.29 is 14.0 Å². The summed E-state index contributed by atoms with van der Waals surface area (Å²) in [5.74, 6) is -0.969. The molecule has 2 amide bonds. The van der Waals surface area contributed by atoms with Crippen LogP contribution >= 0.6 is 11.6 Å². The Labute approximate surface area is 195 Å². The summed E-state index contributed by atoms with van der Waals surface area (Å²) >= 11 is 6.17. The van der Waals surface area contributed by atoms with Gasteiger partial charge in [-0.3, -0.25) is 9.59 Å². The summed E-state index contributed by atoms with van der Waals surface area (Å²) in [5.41, 5.74) is 2.20. The third-order valence-electron chi connectivity index (χ3n) is 6.20. The van der Waals surface area contributed by atoms with Gasteiger partial charge < -0.3 is 10.2 Å². The van der Waals surface area contributed by atoms with E-state index in [1.165, 1.54) is 18.6 Å². The smallest absolute Gasteiger partial charge is 0.243 e. The van der Waals surface area contributed by atoms with Crippen molar-refractivity contribution in [3.8, 4) is 0 Å². The van der Waals surface area contributed by atoms with Crippen molar-refractivity contribution in [2.45, 2.75) is 77.4 Å². The van der Waals surface area contributed by atoms with Crippen LogP contribution < -0.4 is 5.32 Å². The molecule has 4 nitrogen and oxygen atoms in total. The van der Waals surface area contributed by atoms with Gasteiger partial charge in [-0.1, -0.05) is 73.7 Å². The number of nitrogens with zero attached hydrogens (tertiary/aromatic N) is 1. The van der Waals surface area contributed by atoms with E-state index in [1.54, 1.807) is 11.0 Å². The number of carbonyl (C=O) groups is 2. The lowest BCUT2D eigenvalue weighted by atomic mass is 9.95. The van der Waals surface area contributed by atoms with Gasteiger partial charge in [-0.25, -0.2) is 4.39 Å². The van der Waals surface area contributed by atoms with E-state index in [1.807, 2.05) is 38.1 Å². The van der Waals surface area contributed by atoms with Gasteiger partial charge >= 0.3 is 0 Å². The molecule has 172 valence electrons. The van der Waals surface area contributed by atoms with Crippen molar-refractivity contribution in [1.29, 1.82) is 0 Å². The first kappa shape index (κ1) is 24.2. The number of carbonyl (C=O) groups excluding carboxylic acids is 2. The van der Waals surface area contributed by atoms with Gasteiger partial charge in [0.15, 0.2) is 0 Å². The summed E-state index contributed by atoms with van der Waals surface area (Å²) in [6, 6.07) is 11.8. The van der Waals surface area contributed by atoms with Crippen LogP contribution in [0.15, 0.2) is 42.5 Å². The number of hydrogen-bond donors (Lipinski definition) is 1. The summed E-state index contributed by atoms with van der Waals surface area (Å²) in [6.07, 6.45) is 5.65. The third kappa shape index (κ3) is 6.32. The molecule has 0 aromatic heterocycles. The average Bonchev–Trinajstić information content (AvgIpc) is 2.78. The van der Waals surface area contributed by atoms with Gasteiger partial charge in [-0.2, -0.15) is 0 Å². The molecule has 0 aliphatic heterocycles. The Hall–Kier alpha value is -2.40. The van der Waals surface area contributed by atoms with Gasteiger partial charge in [0.1, 0.15) is 11.9 Å². The maximum atomic E-state index is 14.4. The lowest BCUT2D eigenvalue weighted by Crippen LogP contribution is -2.52. The number of amides is 2. The first-order valence-electron chi connectivity index (χ1n) is 11.5. The Bertz CT molecular complexity index is 906. The Kier molecular flexibility index (Phi) is 8.68. The molecular weight excluding hydrogens is 427 g/mol. The molecule has 0 saturated heterocycles. The van der Waals surface area contributed by atoms with E-state index in [0.29, 0.717) is 6.42 Å². The van der Waals surface area contributed by atoms with E-state index >= 15 is 0 Å². The molecule has 1 saturated carbocycles. The molecule has 2 aromatic rings. The minimum atomic E-state index is -0.628. The number of rotatable bonds is 8. The summed E-state index contributed by atoms with van der Waals surface area (Å²) in [4.78, 5) is 28.2. The van der Waals surface area contributed by atoms with E-state index in [2.05, 4.69) is 5.32 Å². The fraction of sp³-hybridized carbons (Fsp3) is 0.462. The Morgan fingerprint density at radius 3 is 2.44 bits per heavy atom. The highest BCUT2D eigenvalue weighted by Crippen LogP contribution is 2.23. The van der Waals surface area contributed by atoms with E-state index in [-0.39, 0.29) is 41.4 Å². The van der Waals surface area contributed by atoms with E-state index in [0.717, 1.165) is 36.8 Å². The van der Waals surface area contributed by atoms with Gasteiger partial charge in [0.2, 0.25) is 11.8 Å². The van der Waals surface area contributed by atoms with Crippen LogP contribution in [0.1, 0.15) is 62.1 Å². The van der Waals surface area contributed by atoms with Crippen molar-refractivity contribution in [2.75, 3.05) is 0 Å². The van der Waals surface area contributed by atoms with Crippen LogP contribution in [0, 0.1) is 12.7 Å². The van der Waals surface area contributed by atoms with E-state index < -0.39 is 11.9 Å². The van der Waals surface area contributed by atoms with Crippen LogP contribution in [0.2, 0.25) is 5.02 Å². The van der Waals surface area contributed by atoms with Crippen molar-refractivity contribution in [3.63, 3.8) is 0 Å². The SMILES string of the molecule is CC[C@@H](C(=O)NC1CCCCC1)N(Cc1ccc(C)cc1)C(=O)Cc1c(F)cccc1Cl. The van der Waals surface area contributed by atoms with Crippen molar-refractivity contribution >= 4 is 23.4 Å². The summed E-state index contributed by atoms with van der Waals surface area (Å²) in [5, 5.41) is 3.37. The van der Waals surface area contributed by atoms with Gasteiger partial charge in [0.25, 0.3) is 0 Å². The Balaban J connectivity index is 1.84. The topological polar surface area (TPSA) is 49.4 Å². The largest absolute Gasteiger partial charge is 0.352 e. The lowest BCUT2D eigenvalue weighted by molar-refractivity contribution is -0.141. The van der Waals surface area contributed by atoms with E-state index in [4.69, 9.17) is 11.6 Å². The van der Waals surface area contributed by atoms with E-state index in [9.17, 15) is 14.0 Å². The zero-order valence-corrected chi connectivity index (χ0v) is 19.6. The normalized spacial score (nSPS) is 15.2. The molecular formula is C26H32ClFN2O2. The monoisotopic (exact) mass is 458 g/mol. The first-order chi connectivity index (χ1) is 15.4. The second-order valence-electron chi connectivity index (χ2n) is 8.65. The molecule has 1 aliphatic carbocycles. The number of nitrogens with one attached hydrogen (secondary N) is 1. The fourth-order valence-corrected chi connectivity index (χ4v) is 4.54. The molecule has 6 heteroatoms. The van der Waals surface area contributed by atoms with Crippen LogP contribution in [0.5, 0.6) is 0 Å². The molecule has 1 aliphatic rings. The highest BCUT2D eigenvalue weighted by Gasteiger charge is 2.31. The molecule has 0 heterocycles. The third-order valence-corrected chi connectivity index (χ3v) is 6.55. The first-order valence-corrected chi connectivity index (χ1v) is 11.8. The minimum absolute atomic E-state index is 0.139. The highest BCUT2D eigenvalue weighted by molar-refractivity contribution is 6.31. The Morgan fingerprint density at radius 1 is 1.12 bits per heavy atom. The molecule has 0 unspecified atom stereocenters. The van der Waals surface area contributed by atoms with Gasteiger partial charge in [-0.15, -0.1) is 0 Å². The summed E-state index contributed by atoms with van der Waals surface area (Å²) in [7, 11) is 0. The Morgan fingerprint density at radius 2 is 1.81 bits per heavy atom. The second kappa shape index (κ2) is 11.5. The number of benzene rings is 2. The molecule has 0 radical (unpaired) electrons. The maximum absolute atomic E-state index is 14.4. The lowest BCUT2D eigenvalue weighted by Gasteiger charge is -2.33. The van der Waals surface area contributed by atoms with Crippen molar-refractivity contribution in [3.05, 3.63) is 70.0 Å². The zero-order valence-electron chi connectivity index (χ0n) is 18.9.